The molecule has 0 unspecified atom stereocenters. The van der Waals surface area contributed by atoms with Crippen LogP contribution in [0.1, 0.15) is 10.4 Å². The lowest BCUT2D eigenvalue weighted by atomic mass is 10.1. The lowest BCUT2D eigenvalue weighted by molar-refractivity contribution is -0.384. The number of benzene rings is 2. The van der Waals surface area contributed by atoms with E-state index in [-0.39, 0.29) is 22.1 Å². The second-order valence-corrected chi connectivity index (χ2v) is 6.65. The van der Waals surface area contributed by atoms with Crippen LogP contribution in [0.25, 0.3) is 10.6 Å². The van der Waals surface area contributed by atoms with E-state index in [4.69, 9.17) is 0 Å². The van der Waals surface area contributed by atoms with Crippen molar-refractivity contribution >= 4 is 39.7 Å². The van der Waals surface area contributed by atoms with Gasteiger partial charge in [0, 0.05) is 17.7 Å². The molecule has 0 bridgehead atoms. The Morgan fingerprint density at radius 1 is 1.00 bits per heavy atom. The molecule has 0 spiro atoms. The summed E-state index contributed by atoms with van der Waals surface area (Å²) in [6.07, 6.45) is -5.11. The van der Waals surface area contributed by atoms with Crippen molar-refractivity contribution in [1.29, 1.82) is 0 Å². The van der Waals surface area contributed by atoms with E-state index in [1.807, 2.05) is 0 Å². The number of nitro groups is 1. The molecule has 2 N–H and O–H groups in total. The van der Waals surface area contributed by atoms with Crippen molar-refractivity contribution in [3.8, 4) is 10.6 Å². The number of para-hydroxylation sites is 1. The van der Waals surface area contributed by atoms with Gasteiger partial charge in [-0.3, -0.25) is 25.0 Å². The Morgan fingerprint density at radius 3 is 2.30 bits per heavy atom. The molecule has 0 saturated carbocycles. The van der Waals surface area contributed by atoms with Crippen LogP contribution in [-0.4, -0.2) is 33.1 Å². The van der Waals surface area contributed by atoms with E-state index >= 15 is 0 Å². The summed E-state index contributed by atoms with van der Waals surface area (Å²) in [5.74, 6) is -3.02. The fraction of sp³-hybridized carbons (Fsp3) is 0.0588. The number of hydrogen-bond donors (Lipinski definition) is 2. The first-order valence-corrected chi connectivity index (χ1v) is 8.83. The lowest BCUT2D eigenvalue weighted by Gasteiger charge is -2.11. The van der Waals surface area contributed by atoms with Gasteiger partial charge in [-0.25, -0.2) is 0 Å². The van der Waals surface area contributed by atoms with Gasteiger partial charge in [-0.2, -0.15) is 13.2 Å². The normalized spacial score (nSPS) is 11.0. The number of carbonyl (C=O) groups is 2. The summed E-state index contributed by atoms with van der Waals surface area (Å²) in [6.45, 7) is 0. The Bertz CT molecular complexity index is 1120. The standard InChI is InChI=1S/C17H10F3N5O4S/c18-17(19,20)15(27)21-12-4-2-1-3-11(12)13(26)22-16-24-23-14(30-16)9-5-7-10(8-6-9)25(28)29/h1-8H,(H,21,27)(H,22,24,26). The molecule has 1 aromatic heterocycles. The minimum Gasteiger partial charge on any atom is -0.317 e. The van der Waals surface area contributed by atoms with Gasteiger partial charge in [-0.15, -0.1) is 10.2 Å². The van der Waals surface area contributed by atoms with Gasteiger partial charge in [-0.05, 0) is 24.3 Å². The van der Waals surface area contributed by atoms with Crippen molar-refractivity contribution in [2.45, 2.75) is 6.18 Å². The second-order valence-electron chi connectivity index (χ2n) is 5.67. The predicted octanol–water partition coefficient (Wildman–Crippen LogP) is 3.87. The fourth-order valence-corrected chi connectivity index (χ4v) is 3.01. The van der Waals surface area contributed by atoms with Crippen molar-refractivity contribution in [2.24, 2.45) is 0 Å². The summed E-state index contributed by atoms with van der Waals surface area (Å²) in [6, 6.07) is 10.7. The Balaban J connectivity index is 1.76. The molecule has 0 fully saturated rings. The lowest BCUT2D eigenvalue weighted by Crippen LogP contribution is -2.30. The molecule has 2 aromatic carbocycles. The number of carbonyl (C=O) groups excluding carboxylic acids is 2. The third-order valence-electron chi connectivity index (χ3n) is 3.65. The van der Waals surface area contributed by atoms with E-state index in [2.05, 4.69) is 15.5 Å². The molecule has 0 aliphatic carbocycles. The molecular weight excluding hydrogens is 427 g/mol. The van der Waals surface area contributed by atoms with E-state index in [0.717, 1.165) is 17.4 Å². The molecule has 13 heteroatoms. The SMILES string of the molecule is O=C(Nc1nnc(-c2ccc([N+](=O)[O-])cc2)s1)c1ccccc1NC(=O)C(F)(F)F. The molecule has 3 aromatic rings. The Labute approximate surface area is 169 Å². The van der Waals surface area contributed by atoms with E-state index in [1.54, 1.807) is 5.32 Å². The smallest absolute Gasteiger partial charge is 0.317 e. The highest BCUT2D eigenvalue weighted by atomic mass is 32.1. The number of alkyl halides is 3. The van der Waals surface area contributed by atoms with Crippen molar-refractivity contribution in [3.63, 3.8) is 0 Å². The average Bonchev–Trinajstić information content (AvgIpc) is 3.16. The molecule has 0 aliphatic rings. The van der Waals surface area contributed by atoms with E-state index in [9.17, 15) is 32.9 Å². The fourth-order valence-electron chi connectivity index (χ4n) is 2.26. The average molecular weight is 437 g/mol. The largest absolute Gasteiger partial charge is 0.471 e. The monoisotopic (exact) mass is 437 g/mol. The maximum atomic E-state index is 12.5. The van der Waals surface area contributed by atoms with Gasteiger partial charge in [0.15, 0.2) is 0 Å². The molecule has 2 amide bonds. The highest BCUT2D eigenvalue weighted by molar-refractivity contribution is 7.18. The van der Waals surface area contributed by atoms with Gasteiger partial charge in [0.05, 0.1) is 16.2 Å². The van der Waals surface area contributed by atoms with Gasteiger partial charge < -0.3 is 5.32 Å². The summed E-state index contributed by atoms with van der Waals surface area (Å²) in [4.78, 5) is 33.8. The van der Waals surface area contributed by atoms with Crippen LogP contribution in [0.2, 0.25) is 0 Å². The number of anilines is 2. The van der Waals surface area contributed by atoms with Gasteiger partial charge >= 0.3 is 12.1 Å². The second kappa shape index (κ2) is 8.24. The minimum atomic E-state index is -5.11. The van der Waals surface area contributed by atoms with Crippen LogP contribution in [0.3, 0.4) is 0 Å². The molecule has 0 radical (unpaired) electrons. The highest BCUT2D eigenvalue weighted by Gasteiger charge is 2.39. The van der Waals surface area contributed by atoms with Gasteiger partial charge in [-0.1, -0.05) is 23.5 Å². The van der Waals surface area contributed by atoms with Crippen molar-refractivity contribution in [2.75, 3.05) is 10.6 Å². The number of aromatic nitrogens is 2. The quantitative estimate of drug-likeness (QED) is 0.461. The van der Waals surface area contributed by atoms with Crippen molar-refractivity contribution < 1.29 is 27.7 Å². The van der Waals surface area contributed by atoms with Crippen LogP contribution in [-0.2, 0) is 4.79 Å². The molecular formula is C17H10F3N5O4S. The topological polar surface area (TPSA) is 127 Å². The zero-order chi connectivity index (χ0) is 21.9. The molecule has 9 nitrogen and oxygen atoms in total. The van der Waals surface area contributed by atoms with Crippen LogP contribution in [0.15, 0.2) is 48.5 Å². The molecule has 3 rings (SSSR count). The molecule has 1 heterocycles. The first-order valence-electron chi connectivity index (χ1n) is 8.02. The maximum absolute atomic E-state index is 12.5. The Hall–Kier alpha value is -3.87. The van der Waals surface area contributed by atoms with Crippen LogP contribution in [0.4, 0.5) is 29.7 Å². The number of nitrogens with zero attached hydrogens (tertiary/aromatic N) is 3. The van der Waals surface area contributed by atoms with Gasteiger partial charge in [0.1, 0.15) is 5.01 Å². The van der Waals surface area contributed by atoms with Crippen LogP contribution in [0.5, 0.6) is 0 Å². The number of nitrogens with one attached hydrogen (secondary N) is 2. The number of nitro benzene ring substituents is 1. The predicted molar refractivity (Wildman–Crippen MR) is 101 cm³/mol. The van der Waals surface area contributed by atoms with Crippen molar-refractivity contribution in [3.05, 3.63) is 64.2 Å². The zero-order valence-electron chi connectivity index (χ0n) is 14.6. The van der Waals surface area contributed by atoms with Crippen LogP contribution in [0, 0.1) is 10.1 Å². The highest BCUT2D eigenvalue weighted by Crippen LogP contribution is 2.28. The van der Waals surface area contributed by atoms with Gasteiger partial charge in [0.2, 0.25) is 5.13 Å². The van der Waals surface area contributed by atoms with E-state index in [0.29, 0.717) is 10.6 Å². The molecule has 0 aliphatic heterocycles. The Kier molecular flexibility index (Phi) is 5.73. The number of rotatable bonds is 5. The van der Waals surface area contributed by atoms with Crippen LogP contribution >= 0.6 is 11.3 Å². The summed E-state index contributed by atoms with van der Waals surface area (Å²) < 4.78 is 37.4. The van der Waals surface area contributed by atoms with E-state index < -0.39 is 22.9 Å². The minimum absolute atomic E-state index is 0.0466. The first kappa shape index (κ1) is 20.9. The first-order chi connectivity index (χ1) is 14.1. The maximum Gasteiger partial charge on any atom is 0.471 e. The molecule has 30 heavy (non-hydrogen) atoms. The third-order valence-corrected chi connectivity index (χ3v) is 4.54. The molecule has 154 valence electrons. The van der Waals surface area contributed by atoms with Gasteiger partial charge in [0.25, 0.3) is 11.6 Å². The molecule has 0 saturated heterocycles. The Morgan fingerprint density at radius 2 is 1.67 bits per heavy atom. The van der Waals surface area contributed by atoms with E-state index in [1.165, 1.54) is 42.5 Å². The third kappa shape index (κ3) is 4.75. The van der Waals surface area contributed by atoms with Crippen LogP contribution < -0.4 is 10.6 Å². The summed E-state index contributed by atoms with van der Waals surface area (Å²) in [5.41, 5.74) is -0.106. The number of halogens is 3. The summed E-state index contributed by atoms with van der Waals surface area (Å²) in [5, 5.41) is 22.8. The molecule has 0 atom stereocenters. The number of amides is 2. The number of non-ortho nitro benzene ring substituents is 1. The summed E-state index contributed by atoms with van der Waals surface area (Å²) in [7, 11) is 0. The summed E-state index contributed by atoms with van der Waals surface area (Å²) >= 11 is 0.956. The number of hydrogen-bond acceptors (Lipinski definition) is 7. The zero-order valence-corrected chi connectivity index (χ0v) is 15.5. The van der Waals surface area contributed by atoms with Crippen molar-refractivity contribution in [1.82, 2.24) is 10.2 Å².